The van der Waals surface area contributed by atoms with Crippen LogP contribution in [-0.4, -0.2) is 0 Å². The van der Waals surface area contributed by atoms with Gasteiger partial charge >= 0.3 is 5.63 Å². The number of benzene rings is 3. The van der Waals surface area contributed by atoms with Crippen LogP contribution in [0.25, 0.3) is 32.9 Å². The number of rotatable bonds is 2. The standard InChI is InChI=1S/C21H15BrO2/c1-2-15-18-12-14(22)10-11-19(18)24-21(23)20(15)17-9-5-7-13-6-3-4-8-16(13)17/h3-12H,2H2,1H3. The molecule has 2 nitrogen and oxygen atoms in total. The van der Waals surface area contributed by atoms with Crippen LogP contribution >= 0.6 is 15.9 Å². The third-order valence-electron chi connectivity index (χ3n) is 4.39. The Bertz CT molecular complexity index is 1120. The SMILES string of the molecule is CCc1c(-c2cccc3ccccc23)c(=O)oc2ccc(Br)cc12. The van der Waals surface area contributed by atoms with E-state index in [0.29, 0.717) is 11.1 Å². The van der Waals surface area contributed by atoms with Gasteiger partial charge in [-0.15, -0.1) is 0 Å². The predicted molar refractivity (Wildman–Crippen MR) is 103 cm³/mol. The Labute approximate surface area is 147 Å². The van der Waals surface area contributed by atoms with Crippen molar-refractivity contribution in [2.45, 2.75) is 13.3 Å². The lowest BCUT2D eigenvalue weighted by molar-refractivity contribution is 0.562. The summed E-state index contributed by atoms with van der Waals surface area (Å²) in [5.41, 5.74) is 2.97. The lowest BCUT2D eigenvalue weighted by Crippen LogP contribution is -2.08. The molecule has 0 aliphatic rings. The number of aryl methyl sites for hydroxylation is 1. The molecule has 0 spiro atoms. The summed E-state index contributed by atoms with van der Waals surface area (Å²) < 4.78 is 6.59. The van der Waals surface area contributed by atoms with Gasteiger partial charge in [0.25, 0.3) is 0 Å². The number of halogens is 1. The lowest BCUT2D eigenvalue weighted by atomic mass is 9.93. The van der Waals surface area contributed by atoms with E-state index in [2.05, 4.69) is 41.1 Å². The monoisotopic (exact) mass is 378 g/mol. The summed E-state index contributed by atoms with van der Waals surface area (Å²) in [6.45, 7) is 2.07. The summed E-state index contributed by atoms with van der Waals surface area (Å²) in [7, 11) is 0. The molecular weight excluding hydrogens is 364 g/mol. The summed E-state index contributed by atoms with van der Waals surface area (Å²) in [5, 5.41) is 3.16. The van der Waals surface area contributed by atoms with Crippen molar-refractivity contribution in [3.05, 3.63) is 81.1 Å². The molecule has 0 fully saturated rings. The minimum absolute atomic E-state index is 0.280. The highest BCUT2D eigenvalue weighted by Gasteiger charge is 2.17. The molecule has 3 aromatic carbocycles. The van der Waals surface area contributed by atoms with Crippen LogP contribution in [0.2, 0.25) is 0 Å². The molecule has 0 aliphatic carbocycles. The molecule has 0 atom stereocenters. The fourth-order valence-electron chi connectivity index (χ4n) is 3.32. The van der Waals surface area contributed by atoms with E-state index < -0.39 is 0 Å². The Morgan fingerprint density at radius 2 is 1.75 bits per heavy atom. The van der Waals surface area contributed by atoms with E-state index in [9.17, 15) is 4.79 Å². The normalized spacial score (nSPS) is 11.2. The molecule has 0 N–H and O–H groups in total. The molecule has 118 valence electrons. The molecule has 3 heteroatoms. The highest BCUT2D eigenvalue weighted by Crippen LogP contribution is 2.33. The van der Waals surface area contributed by atoms with Gasteiger partial charge in [0.2, 0.25) is 0 Å². The molecule has 0 radical (unpaired) electrons. The van der Waals surface area contributed by atoms with Gasteiger partial charge in [-0.3, -0.25) is 0 Å². The number of hydrogen-bond acceptors (Lipinski definition) is 2. The highest BCUT2D eigenvalue weighted by molar-refractivity contribution is 9.10. The Balaban J connectivity index is 2.16. The van der Waals surface area contributed by atoms with Crippen molar-refractivity contribution in [1.29, 1.82) is 0 Å². The van der Waals surface area contributed by atoms with Crippen molar-refractivity contribution < 1.29 is 4.42 Å². The molecule has 4 aromatic rings. The molecule has 24 heavy (non-hydrogen) atoms. The van der Waals surface area contributed by atoms with Gasteiger partial charge in [-0.05, 0) is 46.5 Å². The van der Waals surface area contributed by atoms with Crippen LogP contribution in [0, 0.1) is 0 Å². The molecular formula is C21H15BrO2. The zero-order valence-corrected chi connectivity index (χ0v) is 14.8. The summed E-state index contributed by atoms with van der Waals surface area (Å²) in [6.07, 6.45) is 0.761. The average Bonchev–Trinajstić information content (AvgIpc) is 2.60. The second-order valence-corrected chi connectivity index (χ2v) is 6.68. The van der Waals surface area contributed by atoms with Crippen molar-refractivity contribution in [1.82, 2.24) is 0 Å². The molecule has 0 aliphatic heterocycles. The third-order valence-corrected chi connectivity index (χ3v) is 4.88. The van der Waals surface area contributed by atoms with Crippen LogP contribution in [0.5, 0.6) is 0 Å². The molecule has 4 rings (SSSR count). The molecule has 0 unspecified atom stereocenters. The smallest absolute Gasteiger partial charge is 0.344 e. The lowest BCUT2D eigenvalue weighted by Gasteiger charge is -2.12. The Kier molecular flexibility index (Phi) is 3.73. The van der Waals surface area contributed by atoms with E-state index in [1.165, 1.54) is 0 Å². The average molecular weight is 379 g/mol. The van der Waals surface area contributed by atoms with Gasteiger partial charge in [-0.25, -0.2) is 4.79 Å². The van der Waals surface area contributed by atoms with Crippen molar-refractivity contribution in [3.8, 4) is 11.1 Å². The fourth-order valence-corrected chi connectivity index (χ4v) is 3.68. The van der Waals surface area contributed by atoms with E-state index in [-0.39, 0.29) is 5.63 Å². The minimum atomic E-state index is -0.280. The Morgan fingerprint density at radius 3 is 2.58 bits per heavy atom. The van der Waals surface area contributed by atoms with Crippen molar-refractivity contribution >= 4 is 37.7 Å². The Morgan fingerprint density at radius 1 is 0.958 bits per heavy atom. The van der Waals surface area contributed by atoms with E-state index in [0.717, 1.165) is 38.2 Å². The quantitative estimate of drug-likeness (QED) is 0.404. The first kappa shape index (κ1) is 15.2. The summed E-state index contributed by atoms with van der Waals surface area (Å²) in [5.74, 6) is 0. The second kappa shape index (κ2) is 5.91. The van der Waals surface area contributed by atoms with Gasteiger partial charge in [0.1, 0.15) is 5.58 Å². The fraction of sp³-hybridized carbons (Fsp3) is 0.0952. The van der Waals surface area contributed by atoms with Crippen molar-refractivity contribution in [2.75, 3.05) is 0 Å². The maximum Gasteiger partial charge on any atom is 0.344 e. The molecule has 0 saturated carbocycles. The van der Waals surface area contributed by atoms with Crippen LogP contribution in [-0.2, 0) is 6.42 Å². The maximum atomic E-state index is 12.8. The van der Waals surface area contributed by atoms with Gasteiger partial charge in [-0.1, -0.05) is 65.3 Å². The van der Waals surface area contributed by atoms with E-state index in [1.807, 2.05) is 42.5 Å². The van der Waals surface area contributed by atoms with Gasteiger partial charge in [0.05, 0.1) is 5.56 Å². The third kappa shape index (κ3) is 2.36. The van der Waals surface area contributed by atoms with Crippen molar-refractivity contribution in [2.24, 2.45) is 0 Å². The van der Waals surface area contributed by atoms with Gasteiger partial charge in [-0.2, -0.15) is 0 Å². The largest absolute Gasteiger partial charge is 0.422 e. The first-order chi connectivity index (χ1) is 11.7. The molecule has 0 amide bonds. The van der Waals surface area contributed by atoms with Crippen LogP contribution in [0.1, 0.15) is 12.5 Å². The first-order valence-electron chi connectivity index (χ1n) is 7.92. The Hall–Kier alpha value is -2.39. The van der Waals surface area contributed by atoms with E-state index >= 15 is 0 Å². The summed E-state index contributed by atoms with van der Waals surface area (Å²) >= 11 is 3.52. The van der Waals surface area contributed by atoms with E-state index in [1.54, 1.807) is 0 Å². The zero-order chi connectivity index (χ0) is 16.7. The number of fused-ring (bicyclic) bond motifs is 2. The topological polar surface area (TPSA) is 30.2 Å². The van der Waals surface area contributed by atoms with Crippen molar-refractivity contribution in [3.63, 3.8) is 0 Å². The van der Waals surface area contributed by atoms with Crippen LogP contribution in [0.4, 0.5) is 0 Å². The highest BCUT2D eigenvalue weighted by atomic mass is 79.9. The molecule has 1 aromatic heterocycles. The molecule has 0 saturated heterocycles. The first-order valence-corrected chi connectivity index (χ1v) is 8.71. The summed E-state index contributed by atoms with van der Waals surface area (Å²) in [4.78, 5) is 12.8. The minimum Gasteiger partial charge on any atom is -0.422 e. The summed E-state index contributed by atoms with van der Waals surface area (Å²) in [6, 6.07) is 19.9. The van der Waals surface area contributed by atoms with Gasteiger partial charge in [0.15, 0.2) is 0 Å². The molecule has 0 bridgehead atoms. The predicted octanol–water partition coefficient (Wildman–Crippen LogP) is 5.94. The van der Waals surface area contributed by atoms with Crippen LogP contribution in [0.3, 0.4) is 0 Å². The maximum absolute atomic E-state index is 12.8. The number of hydrogen-bond donors (Lipinski definition) is 0. The van der Waals surface area contributed by atoms with Gasteiger partial charge < -0.3 is 4.42 Å². The second-order valence-electron chi connectivity index (χ2n) is 5.76. The zero-order valence-electron chi connectivity index (χ0n) is 13.2. The van der Waals surface area contributed by atoms with E-state index in [4.69, 9.17) is 4.42 Å². The van der Waals surface area contributed by atoms with Crippen LogP contribution in [0.15, 0.2) is 74.3 Å². The molecule has 1 heterocycles. The van der Waals surface area contributed by atoms with Gasteiger partial charge in [0, 0.05) is 9.86 Å². The van der Waals surface area contributed by atoms with Crippen LogP contribution < -0.4 is 5.63 Å².